The van der Waals surface area contributed by atoms with E-state index in [1.165, 1.54) is 12.1 Å². The number of ketones is 1. The molecule has 0 bridgehead atoms. The number of hydrogen-bond acceptors (Lipinski definition) is 6. The number of hydrogen-bond donors (Lipinski definition) is 2. The Hall–Kier alpha value is -3.48. The monoisotopic (exact) mass is 465 g/mol. The van der Waals surface area contributed by atoms with Crippen molar-refractivity contribution in [3.05, 3.63) is 59.2 Å². The average molecular weight is 466 g/mol. The fourth-order valence-corrected chi connectivity index (χ4v) is 4.94. The summed E-state index contributed by atoms with van der Waals surface area (Å²) in [6.45, 7) is 4.53. The fourth-order valence-electron chi connectivity index (χ4n) is 4.94. The molecule has 2 aromatic rings. The van der Waals surface area contributed by atoms with Crippen molar-refractivity contribution in [1.82, 2.24) is 4.90 Å². The number of phenolic OH excluding ortho intramolecular Hbond substituents is 1. The SMILES string of the molecule is CCOc1ccc(/C(O)=C2/C(=O)C(=O)N(C3CCCCC3)C2c2ccc(O)cc2)c(OCC)c1. The topological polar surface area (TPSA) is 96.3 Å². The number of phenols is 1. The van der Waals surface area contributed by atoms with E-state index in [2.05, 4.69) is 0 Å². The van der Waals surface area contributed by atoms with Crippen LogP contribution in [0.5, 0.6) is 17.2 Å². The second kappa shape index (κ2) is 10.2. The molecule has 1 amide bonds. The van der Waals surface area contributed by atoms with Crippen molar-refractivity contribution in [3.63, 3.8) is 0 Å². The van der Waals surface area contributed by atoms with E-state index in [0.29, 0.717) is 35.8 Å². The molecule has 0 spiro atoms. The van der Waals surface area contributed by atoms with E-state index in [9.17, 15) is 19.8 Å². The van der Waals surface area contributed by atoms with Crippen molar-refractivity contribution in [2.24, 2.45) is 0 Å². The first-order valence-corrected chi connectivity index (χ1v) is 11.9. The van der Waals surface area contributed by atoms with E-state index in [1.54, 1.807) is 35.2 Å². The highest BCUT2D eigenvalue weighted by atomic mass is 16.5. The van der Waals surface area contributed by atoms with Crippen molar-refractivity contribution in [3.8, 4) is 17.2 Å². The van der Waals surface area contributed by atoms with Crippen LogP contribution in [-0.4, -0.2) is 46.1 Å². The first kappa shape index (κ1) is 23.7. The number of Topliss-reactive ketones (excluding diaryl/α,β-unsaturated/α-hetero) is 1. The zero-order valence-corrected chi connectivity index (χ0v) is 19.6. The minimum absolute atomic E-state index is 0.0337. The lowest BCUT2D eigenvalue weighted by atomic mass is 9.91. The summed E-state index contributed by atoms with van der Waals surface area (Å²) in [5.74, 6) is -0.544. The number of aliphatic hydroxyl groups excluding tert-OH is 1. The molecule has 34 heavy (non-hydrogen) atoms. The van der Waals surface area contributed by atoms with Crippen LogP contribution >= 0.6 is 0 Å². The molecule has 7 nitrogen and oxygen atoms in total. The van der Waals surface area contributed by atoms with Gasteiger partial charge in [-0.2, -0.15) is 0 Å². The van der Waals surface area contributed by atoms with Crippen molar-refractivity contribution in [2.45, 2.75) is 58.0 Å². The number of carbonyl (C=O) groups is 2. The van der Waals surface area contributed by atoms with E-state index in [-0.39, 0.29) is 23.1 Å². The summed E-state index contributed by atoms with van der Waals surface area (Å²) in [7, 11) is 0. The molecule has 1 saturated heterocycles. The number of amides is 1. The van der Waals surface area contributed by atoms with Gasteiger partial charge in [-0.15, -0.1) is 0 Å². The molecule has 7 heteroatoms. The standard InChI is InChI=1S/C27H31NO6/c1-3-33-20-14-15-21(22(16-20)34-4-2)25(30)23-24(17-10-12-19(29)13-11-17)28(27(32)26(23)31)18-8-6-5-7-9-18/h10-16,18,24,29-30H,3-9H2,1-2H3/b25-23-. The number of ether oxygens (including phenoxy) is 2. The van der Waals surface area contributed by atoms with Crippen LogP contribution in [0.4, 0.5) is 0 Å². The van der Waals surface area contributed by atoms with Crippen molar-refractivity contribution in [2.75, 3.05) is 13.2 Å². The Kier molecular flexibility index (Phi) is 7.10. The maximum Gasteiger partial charge on any atom is 0.295 e. The van der Waals surface area contributed by atoms with E-state index < -0.39 is 17.7 Å². The number of carbonyl (C=O) groups excluding carboxylic acids is 2. The molecule has 4 rings (SSSR count). The average Bonchev–Trinajstić information content (AvgIpc) is 3.11. The summed E-state index contributed by atoms with van der Waals surface area (Å²) in [6.07, 6.45) is 4.71. The van der Waals surface area contributed by atoms with Crippen molar-refractivity contribution in [1.29, 1.82) is 0 Å². The third kappa shape index (κ3) is 4.47. The molecule has 180 valence electrons. The lowest BCUT2D eigenvalue weighted by molar-refractivity contribution is -0.141. The van der Waals surface area contributed by atoms with Gasteiger partial charge in [0.25, 0.3) is 11.7 Å². The van der Waals surface area contributed by atoms with Crippen LogP contribution in [0, 0.1) is 0 Å². The van der Waals surface area contributed by atoms with Gasteiger partial charge in [0, 0.05) is 12.1 Å². The predicted molar refractivity (Wildman–Crippen MR) is 128 cm³/mol. The summed E-state index contributed by atoms with van der Waals surface area (Å²) in [4.78, 5) is 28.3. The van der Waals surface area contributed by atoms with Gasteiger partial charge in [-0.05, 0) is 56.5 Å². The lowest BCUT2D eigenvalue weighted by Crippen LogP contribution is -2.40. The van der Waals surface area contributed by atoms with Crippen LogP contribution in [0.3, 0.4) is 0 Å². The normalized spacial score (nSPS) is 20.5. The van der Waals surface area contributed by atoms with Gasteiger partial charge in [0.05, 0.1) is 30.4 Å². The molecule has 0 radical (unpaired) electrons. The summed E-state index contributed by atoms with van der Waals surface area (Å²) < 4.78 is 11.3. The molecule has 1 heterocycles. The van der Waals surface area contributed by atoms with Crippen LogP contribution < -0.4 is 9.47 Å². The Bertz CT molecular complexity index is 1080. The molecule has 2 aliphatic rings. The summed E-state index contributed by atoms with van der Waals surface area (Å²) in [5.41, 5.74) is 1.02. The largest absolute Gasteiger partial charge is 0.508 e. The van der Waals surface area contributed by atoms with Gasteiger partial charge in [0.2, 0.25) is 0 Å². The molecule has 1 unspecified atom stereocenters. The molecular weight excluding hydrogens is 434 g/mol. The van der Waals surface area contributed by atoms with Crippen molar-refractivity contribution < 1.29 is 29.3 Å². The molecule has 1 aliphatic heterocycles. The van der Waals surface area contributed by atoms with Gasteiger partial charge in [-0.3, -0.25) is 9.59 Å². The van der Waals surface area contributed by atoms with Crippen LogP contribution in [0.25, 0.3) is 5.76 Å². The van der Waals surface area contributed by atoms with E-state index >= 15 is 0 Å². The van der Waals surface area contributed by atoms with Crippen LogP contribution in [0.1, 0.15) is 63.1 Å². The third-order valence-corrected chi connectivity index (χ3v) is 6.48. The smallest absolute Gasteiger partial charge is 0.295 e. The highest BCUT2D eigenvalue weighted by molar-refractivity contribution is 6.46. The van der Waals surface area contributed by atoms with Crippen LogP contribution in [0.2, 0.25) is 0 Å². The Morgan fingerprint density at radius 1 is 0.971 bits per heavy atom. The van der Waals surface area contributed by atoms with Gasteiger partial charge in [-0.1, -0.05) is 31.4 Å². The number of aliphatic hydroxyl groups is 1. The maximum atomic E-state index is 13.3. The quantitative estimate of drug-likeness (QED) is 0.341. The minimum atomic E-state index is -0.746. The van der Waals surface area contributed by atoms with Crippen LogP contribution in [0.15, 0.2) is 48.0 Å². The second-order valence-electron chi connectivity index (χ2n) is 8.61. The van der Waals surface area contributed by atoms with Crippen LogP contribution in [-0.2, 0) is 9.59 Å². The highest BCUT2D eigenvalue weighted by Gasteiger charge is 2.49. The molecule has 2 fully saturated rings. The molecule has 1 saturated carbocycles. The van der Waals surface area contributed by atoms with Gasteiger partial charge in [0.1, 0.15) is 23.0 Å². The first-order chi connectivity index (χ1) is 16.5. The van der Waals surface area contributed by atoms with Gasteiger partial charge in [-0.25, -0.2) is 0 Å². The highest BCUT2D eigenvalue weighted by Crippen LogP contribution is 2.44. The summed E-state index contributed by atoms with van der Waals surface area (Å²) >= 11 is 0. The molecule has 0 aromatic heterocycles. The second-order valence-corrected chi connectivity index (χ2v) is 8.61. The molecule has 1 aliphatic carbocycles. The van der Waals surface area contributed by atoms with Crippen molar-refractivity contribution >= 4 is 17.4 Å². The number of likely N-dealkylation sites (tertiary alicyclic amines) is 1. The molecule has 2 N–H and O–H groups in total. The summed E-state index contributed by atoms with van der Waals surface area (Å²) in [6, 6.07) is 10.6. The lowest BCUT2D eigenvalue weighted by Gasteiger charge is -2.35. The fraction of sp³-hybridized carbons (Fsp3) is 0.407. The maximum absolute atomic E-state index is 13.3. The Balaban J connectivity index is 1.87. The van der Waals surface area contributed by atoms with Gasteiger partial charge >= 0.3 is 0 Å². The van der Waals surface area contributed by atoms with Gasteiger partial charge in [0.15, 0.2) is 0 Å². The summed E-state index contributed by atoms with van der Waals surface area (Å²) in [5, 5.41) is 21.2. The number of nitrogens with zero attached hydrogens (tertiary/aromatic N) is 1. The number of benzene rings is 2. The molecule has 2 aromatic carbocycles. The first-order valence-electron chi connectivity index (χ1n) is 11.9. The Morgan fingerprint density at radius 3 is 2.29 bits per heavy atom. The molecule has 1 atom stereocenters. The Labute approximate surface area is 199 Å². The number of aromatic hydroxyl groups is 1. The number of rotatable bonds is 7. The van der Waals surface area contributed by atoms with E-state index in [1.807, 2.05) is 13.8 Å². The Morgan fingerprint density at radius 2 is 1.65 bits per heavy atom. The minimum Gasteiger partial charge on any atom is -0.508 e. The van der Waals surface area contributed by atoms with Gasteiger partial charge < -0.3 is 24.6 Å². The molecular formula is C27H31NO6. The van der Waals surface area contributed by atoms with E-state index in [0.717, 1.165) is 32.1 Å². The third-order valence-electron chi connectivity index (χ3n) is 6.48. The van der Waals surface area contributed by atoms with E-state index in [4.69, 9.17) is 9.47 Å². The zero-order valence-electron chi connectivity index (χ0n) is 19.6. The zero-order chi connectivity index (χ0) is 24.2. The predicted octanol–water partition coefficient (Wildman–Crippen LogP) is 4.94.